The summed E-state index contributed by atoms with van der Waals surface area (Å²) in [5.41, 5.74) is 2.44. The van der Waals surface area contributed by atoms with Crippen molar-refractivity contribution in [3.63, 3.8) is 0 Å². The number of primary sulfonamides is 1. The maximum absolute atomic E-state index is 12.3. The first-order valence-corrected chi connectivity index (χ1v) is 10.1. The summed E-state index contributed by atoms with van der Waals surface area (Å²) in [7, 11) is -3.89. The van der Waals surface area contributed by atoms with E-state index in [1.54, 1.807) is 24.0 Å². The van der Waals surface area contributed by atoms with Crippen molar-refractivity contribution in [2.45, 2.75) is 31.2 Å². The third kappa shape index (κ3) is 4.35. The van der Waals surface area contributed by atoms with Crippen LogP contribution >= 0.6 is 0 Å². The van der Waals surface area contributed by atoms with Gasteiger partial charge in [0.2, 0.25) is 15.9 Å². The number of hydrogen-bond acceptors (Lipinski definition) is 4. The molecule has 2 aromatic rings. The summed E-state index contributed by atoms with van der Waals surface area (Å²) in [4.78, 5) is 25.8. The van der Waals surface area contributed by atoms with Crippen LogP contribution in [0, 0.1) is 6.92 Å². The molecule has 142 valence electrons. The molecule has 1 fully saturated rings. The van der Waals surface area contributed by atoms with E-state index in [4.69, 9.17) is 5.14 Å². The molecule has 2 aromatic carbocycles. The van der Waals surface area contributed by atoms with Crippen LogP contribution < -0.4 is 15.4 Å². The molecule has 27 heavy (non-hydrogen) atoms. The molecule has 2 amide bonds. The molecular formula is C19H21N3O4S. The number of rotatable bonds is 5. The van der Waals surface area contributed by atoms with Gasteiger partial charge in [-0.15, -0.1) is 0 Å². The largest absolute Gasteiger partial charge is 0.348 e. The molecule has 0 aliphatic carbocycles. The highest BCUT2D eigenvalue weighted by molar-refractivity contribution is 7.89. The molecule has 8 heteroatoms. The van der Waals surface area contributed by atoms with Gasteiger partial charge in [-0.05, 0) is 48.7 Å². The van der Waals surface area contributed by atoms with E-state index in [2.05, 4.69) is 5.32 Å². The minimum Gasteiger partial charge on any atom is -0.348 e. The van der Waals surface area contributed by atoms with Gasteiger partial charge in [-0.25, -0.2) is 13.6 Å². The number of amides is 2. The normalized spacial score (nSPS) is 14.4. The molecule has 1 aliphatic heterocycles. The summed E-state index contributed by atoms with van der Waals surface area (Å²) in [6, 6.07) is 11.8. The molecule has 1 heterocycles. The van der Waals surface area contributed by atoms with Crippen LogP contribution in [0.1, 0.15) is 34.3 Å². The topological polar surface area (TPSA) is 110 Å². The Labute approximate surface area is 158 Å². The monoisotopic (exact) mass is 387 g/mol. The zero-order valence-corrected chi connectivity index (χ0v) is 15.8. The molecule has 0 saturated carbocycles. The zero-order chi connectivity index (χ0) is 19.6. The van der Waals surface area contributed by atoms with Gasteiger partial charge in [0.05, 0.1) is 4.90 Å². The Hall–Kier alpha value is -2.71. The maximum atomic E-state index is 12.3. The number of nitrogens with zero attached hydrogens (tertiary/aromatic N) is 1. The second kappa shape index (κ2) is 7.50. The molecule has 0 aromatic heterocycles. The number of carbonyl (C=O) groups is 2. The Balaban J connectivity index is 1.66. The fourth-order valence-corrected chi connectivity index (χ4v) is 3.86. The first kappa shape index (κ1) is 19.1. The van der Waals surface area contributed by atoms with Gasteiger partial charge in [-0.2, -0.15) is 0 Å². The first-order chi connectivity index (χ1) is 12.8. The Kier molecular flexibility index (Phi) is 5.29. The van der Waals surface area contributed by atoms with Gasteiger partial charge in [-0.3, -0.25) is 9.59 Å². The lowest BCUT2D eigenvalue weighted by molar-refractivity contribution is -0.117. The minimum atomic E-state index is -3.89. The van der Waals surface area contributed by atoms with Crippen LogP contribution in [-0.4, -0.2) is 26.8 Å². The van der Waals surface area contributed by atoms with E-state index in [0.717, 1.165) is 24.2 Å². The first-order valence-electron chi connectivity index (χ1n) is 8.56. The van der Waals surface area contributed by atoms with Gasteiger partial charge in [0, 0.05) is 30.8 Å². The van der Waals surface area contributed by atoms with Gasteiger partial charge in [0.1, 0.15) is 0 Å². The number of hydrogen-bond donors (Lipinski definition) is 2. The summed E-state index contributed by atoms with van der Waals surface area (Å²) in [5.74, 6) is -0.264. The maximum Gasteiger partial charge on any atom is 0.251 e. The SMILES string of the molecule is Cc1ccc(C(=O)NCc2ccc(N3CCCC3=O)cc2)cc1S(N)(=O)=O. The van der Waals surface area contributed by atoms with Crippen LogP contribution in [0.5, 0.6) is 0 Å². The summed E-state index contributed by atoms with van der Waals surface area (Å²) in [6.45, 7) is 2.63. The van der Waals surface area contributed by atoms with Gasteiger partial charge in [0.25, 0.3) is 5.91 Å². The van der Waals surface area contributed by atoms with E-state index in [-0.39, 0.29) is 22.9 Å². The second-order valence-corrected chi connectivity index (χ2v) is 8.05. The average Bonchev–Trinajstić information content (AvgIpc) is 3.05. The summed E-state index contributed by atoms with van der Waals surface area (Å²) >= 11 is 0. The molecule has 0 atom stereocenters. The lowest BCUT2D eigenvalue weighted by Crippen LogP contribution is -2.24. The molecule has 3 N–H and O–H groups in total. The van der Waals surface area contributed by atoms with E-state index in [1.165, 1.54) is 6.07 Å². The van der Waals surface area contributed by atoms with Crippen LogP contribution in [0.25, 0.3) is 0 Å². The van der Waals surface area contributed by atoms with Crippen LogP contribution in [0.2, 0.25) is 0 Å². The predicted octanol–water partition coefficient (Wildman–Crippen LogP) is 1.70. The van der Waals surface area contributed by atoms with E-state index in [9.17, 15) is 18.0 Å². The molecular weight excluding hydrogens is 366 g/mol. The molecule has 0 bridgehead atoms. The van der Waals surface area contributed by atoms with Gasteiger partial charge in [-0.1, -0.05) is 18.2 Å². The van der Waals surface area contributed by atoms with Crippen molar-refractivity contribution in [3.8, 4) is 0 Å². The molecule has 7 nitrogen and oxygen atoms in total. The lowest BCUT2D eigenvalue weighted by Gasteiger charge is -2.16. The van der Waals surface area contributed by atoms with Crippen LogP contribution in [0.3, 0.4) is 0 Å². The molecule has 0 radical (unpaired) electrons. The number of aryl methyl sites for hydroxylation is 1. The van der Waals surface area contributed by atoms with Crippen molar-refractivity contribution in [1.29, 1.82) is 0 Å². The van der Waals surface area contributed by atoms with Crippen LogP contribution in [-0.2, 0) is 21.4 Å². The van der Waals surface area contributed by atoms with Gasteiger partial charge < -0.3 is 10.2 Å². The van der Waals surface area contributed by atoms with E-state index in [1.807, 2.05) is 24.3 Å². The highest BCUT2D eigenvalue weighted by atomic mass is 32.2. The number of carbonyl (C=O) groups excluding carboxylic acids is 2. The minimum absolute atomic E-state index is 0.0604. The standard InChI is InChI=1S/C19H21N3O4S/c1-13-4-7-15(11-17(13)27(20,25)26)19(24)21-12-14-5-8-16(9-6-14)22-10-2-3-18(22)23/h4-9,11H,2-3,10,12H2,1H3,(H,21,24)(H2,20,25,26). The Morgan fingerprint density at radius 3 is 2.48 bits per heavy atom. The molecule has 0 unspecified atom stereocenters. The highest BCUT2D eigenvalue weighted by Crippen LogP contribution is 2.21. The molecule has 1 saturated heterocycles. The Morgan fingerprint density at radius 2 is 1.89 bits per heavy atom. The number of sulfonamides is 1. The Morgan fingerprint density at radius 1 is 1.19 bits per heavy atom. The average molecular weight is 387 g/mol. The van der Waals surface area contributed by atoms with E-state index < -0.39 is 15.9 Å². The fraction of sp³-hybridized carbons (Fsp3) is 0.263. The van der Waals surface area contributed by atoms with Crippen molar-refractivity contribution >= 4 is 27.5 Å². The predicted molar refractivity (Wildman–Crippen MR) is 102 cm³/mol. The van der Waals surface area contributed by atoms with Crippen molar-refractivity contribution < 1.29 is 18.0 Å². The number of anilines is 1. The number of nitrogens with two attached hydrogens (primary N) is 1. The summed E-state index contributed by atoms with van der Waals surface area (Å²) in [5, 5.41) is 7.94. The van der Waals surface area contributed by atoms with Gasteiger partial charge >= 0.3 is 0 Å². The van der Waals surface area contributed by atoms with E-state index >= 15 is 0 Å². The lowest BCUT2D eigenvalue weighted by atomic mass is 10.1. The third-order valence-corrected chi connectivity index (χ3v) is 5.58. The molecule has 1 aliphatic rings. The molecule has 0 spiro atoms. The van der Waals surface area contributed by atoms with Crippen molar-refractivity contribution in [1.82, 2.24) is 5.32 Å². The third-order valence-electron chi connectivity index (χ3n) is 4.53. The summed E-state index contributed by atoms with van der Waals surface area (Å²) in [6.07, 6.45) is 1.45. The fourth-order valence-electron chi connectivity index (χ4n) is 3.05. The molecule has 3 rings (SSSR count). The zero-order valence-electron chi connectivity index (χ0n) is 14.9. The smallest absolute Gasteiger partial charge is 0.251 e. The summed E-state index contributed by atoms with van der Waals surface area (Å²) < 4.78 is 23.2. The van der Waals surface area contributed by atoms with Crippen molar-refractivity contribution in [2.24, 2.45) is 5.14 Å². The number of benzene rings is 2. The second-order valence-electron chi connectivity index (χ2n) is 6.52. The van der Waals surface area contributed by atoms with E-state index in [0.29, 0.717) is 12.0 Å². The Bertz CT molecular complexity index is 985. The van der Waals surface area contributed by atoms with Crippen LogP contribution in [0.15, 0.2) is 47.4 Å². The van der Waals surface area contributed by atoms with Crippen molar-refractivity contribution in [2.75, 3.05) is 11.4 Å². The van der Waals surface area contributed by atoms with Crippen molar-refractivity contribution in [3.05, 3.63) is 59.2 Å². The van der Waals surface area contributed by atoms with Crippen LogP contribution in [0.4, 0.5) is 5.69 Å². The quantitative estimate of drug-likeness (QED) is 0.814. The van der Waals surface area contributed by atoms with Gasteiger partial charge in [0.15, 0.2) is 0 Å². The number of nitrogens with one attached hydrogen (secondary N) is 1. The highest BCUT2D eigenvalue weighted by Gasteiger charge is 2.21.